The number of hydrogen-bond acceptors (Lipinski definition) is 2. The molecule has 2 N–H and O–H groups in total. The van der Waals surface area contributed by atoms with Gasteiger partial charge in [0.05, 0.1) is 0 Å². The quantitative estimate of drug-likeness (QED) is 0.846. The second kappa shape index (κ2) is 7.81. The van der Waals surface area contributed by atoms with Gasteiger partial charge in [-0.25, -0.2) is 0 Å². The van der Waals surface area contributed by atoms with Crippen molar-refractivity contribution in [2.75, 3.05) is 0 Å². The van der Waals surface area contributed by atoms with Gasteiger partial charge < -0.3 is 10.6 Å². The van der Waals surface area contributed by atoms with Crippen LogP contribution in [0.1, 0.15) is 50.0 Å². The molecule has 4 nitrogen and oxygen atoms in total. The summed E-state index contributed by atoms with van der Waals surface area (Å²) in [6.07, 6.45) is 0.863. The summed E-state index contributed by atoms with van der Waals surface area (Å²) in [5.74, 6) is -0.306. The highest BCUT2D eigenvalue weighted by Gasteiger charge is 2.25. The number of hydrogen-bond donors (Lipinski definition) is 2. The van der Waals surface area contributed by atoms with Gasteiger partial charge in [0.15, 0.2) is 0 Å². The first kappa shape index (κ1) is 17.2. The van der Waals surface area contributed by atoms with Crippen molar-refractivity contribution in [3.05, 3.63) is 35.4 Å². The lowest BCUT2D eigenvalue weighted by Gasteiger charge is -2.23. The van der Waals surface area contributed by atoms with E-state index in [2.05, 4.69) is 10.6 Å². The highest BCUT2D eigenvalue weighted by molar-refractivity contribution is 5.97. The van der Waals surface area contributed by atoms with E-state index in [1.54, 1.807) is 6.07 Å². The molecule has 0 fully saturated rings. The molecule has 116 valence electrons. The Kier molecular flexibility index (Phi) is 6.40. The Morgan fingerprint density at radius 1 is 1.14 bits per heavy atom. The number of nitrogens with one attached hydrogen (secondary N) is 2. The molecule has 0 aliphatic rings. The molecule has 0 aromatic heterocycles. The van der Waals surface area contributed by atoms with Crippen LogP contribution in [0.2, 0.25) is 0 Å². The van der Waals surface area contributed by atoms with E-state index in [-0.39, 0.29) is 23.8 Å². The van der Waals surface area contributed by atoms with E-state index in [4.69, 9.17) is 0 Å². The van der Waals surface area contributed by atoms with Crippen molar-refractivity contribution < 1.29 is 9.59 Å². The smallest absolute Gasteiger partial charge is 0.251 e. The van der Waals surface area contributed by atoms with Crippen LogP contribution in [0.4, 0.5) is 0 Å². The van der Waals surface area contributed by atoms with E-state index >= 15 is 0 Å². The van der Waals surface area contributed by atoms with Crippen LogP contribution in [0.5, 0.6) is 0 Å². The fourth-order valence-electron chi connectivity index (χ4n) is 1.98. The summed E-state index contributed by atoms with van der Waals surface area (Å²) in [7, 11) is 0. The maximum absolute atomic E-state index is 12.3. The molecular formula is C17H26N2O2. The van der Waals surface area contributed by atoms with Gasteiger partial charge in [-0.2, -0.15) is 0 Å². The summed E-state index contributed by atoms with van der Waals surface area (Å²) >= 11 is 0. The van der Waals surface area contributed by atoms with Crippen LogP contribution >= 0.6 is 0 Å². The first-order valence-electron chi connectivity index (χ1n) is 7.53. The van der Waals surface area contributed by atoms with Gasteiger partial charge in [-0.1, -0.05) is 38.5 Å². The van der Waals surface area contributed by atoms with Gasteiger partial charge in [0.2, 0.25) is 5.91 Å². The van der Waals surface area contributed by atoms with Gasteiger partial charge in [-0.3, -0.25) is 9.59 Å². The lowest BCUT2D eigenvalue weighted by Crippen LogP contribution is -2.51. The number of carbonyl (C=O) groups excluding carboxylic acids is 2. The predicted molar refractivity (Wildman–Crippen MR) is 85.2 cm³/mol. The zero-order valence-corrected chi connectivity index (χ0v) is 13.6. The monoisotopic (exact) mass is 290 g/mol. The fourth-order valence-corrected chi connectivity index (χ4v) is 1.98. The Balaban J connectivity index is 2.79. The fraction of sp³-hybridized carbons (Fsp3) is 0.529. The molecule has 2 amide bonds. The SMILES string of the molecule is CC[C@H](C)NC(=O)[C@H](NC(=O)c1cccc(C)c1)C(C)C. The molecule has 4 heteroatoms. The molecule has 0 bridgehead atoms. The highest BCUT2D eigenvalue weighted by Crippen LogP contribution is 2.08. The van der Waals surface area contributed by atoms with Crippen molar-refractivity contribution in [1.82, 2.24) is 10.6 Å². The number of rotatable bonds is 6. The van der Waals surface area contributed by atoms with E-state index in [0.29, 0.717) is 5.56 Å². The summed E-state index contributed by atoms with van der Waals surface area (Å²) in [6, 6.07) is 6.94. The molecule has 1 aromatic carbocycles. The molecule has 0 saturated carbocycles. The zero-order chi connectivity index (χ0) is 16.0. The standard InChI is InChI=1S/C17H26N2O2/c1-6-13(5)18-17(21)15(11(2)3)19-16(20)14-9-7-8-12(4)10-14/h7-11,13,15H,6H2,1-5H3,(H,18,21)(H,19,20)/t13-,15+/m0/s1. The zero-order valence-electron chi connectivity index (χ0n) is 13.6. The molecule has 1 rings (SSSR count). The van der Waals surface area contributed by atoms with Crippen LogP contribution < -0.4 is 10.6 Å². The maximum Gasteiger partial charge on any atom is 0.251 e. The van der Waals surface area contributed by atoms with Gasteiger partial charge in [-0.15, -0.1) is 0 Å². The number of benzene rings is 1. The molecule has 0 spiro atoms. The second-order valence-electron chi connectivity index (χ2n) is 5.88. The van der Waals surface area contributed by atoms with Crippen LogP contribution in [-0.4, -0.2) is 23.9 Å². The Morgan fingerprint density at radius 3 is 2.33 bits per heavy atom. The van der Waals surface area contributed by atoms with Crippen LogP contribution in [-0.2, 0) is 4.79 Å². The van der Waals surface area contributed by atoms with E-state index in [9.17, 15) is 9.59 Å². The first-order valence-corrected chi connectivity index (χ1v) is 7.53. The third-order valence-electron chi connectivity index (χ3n) is 3.52. The van der Waals surface area contributed by atoms with E-state index in [1.165, 1.54) is 0 Å². The molecule has 2 atom stereocenters. The molecule has 0 heterocycles. The Labute approximate surface area is 127 Å². The van der Waals surface area contributed by atoms with Gasteiger partial charge in [-0.05, 0) is 38.3 Å². The average Bonchev–Trinajstić information content (AvgIpc) is 2.43. The number of aryl methyl sites for hydroxylation is 1. The van der Waals surface area contributed by atoms with E-state index in [1.807, 2.05) is 52.8 Å². The molecule has 0 unspecified atom stereocenters. The molecular weight excluding hydrogens is 264 g/mol. The average molecular weight is 290 g/mol. The topological polar surface area (TPSA) is 58.2 Å². The molecule has 0 radical (unpaired) electrons. The minimum absolute atomic E-state index is 0.0304. The summed E-state index contributed by atoms with van der Waals surface area (Å²) in [4.78, 5) is 24.5. The molecule has 0 aliphatic carbocycles. The van der Waals surface area contributed by atoms with Crippen LogP contribution in [0.25, 0.3) is 0 Å². The summed E-state index contributed by atoms with van der Waals surface area (Å²) < 4.78 is 0. The number of amides is 2. The molecule has 0 saturated heterocycles. The molecule has 1 aromatic rings. The Hall–Kier alpha value is -1.84. The highest BCUT2D eigenvalue weighted by atomic mass is 16.2. The second-order valence-corrected chi connectivity index (χ2v) is 5.88. The van der Waals surface area contributed by atoms with Crippen molar-refractivity contribution >= 4 is 11.8 Å². The number of carbonyl (C=O) groups is 2. The third-order valence-corrected chi connectivity index (χ3v) is 3.52. The minimum Gasteiger partial charge on any atom is -0.352 e. The van der Waals surface area contributed by atoms with Crippen LogP contribution in [0.3, 0.4) is 0 Å². The van der Waals surface area contributed by atoms with Crippen LogP contribution in [0, 0.1) is 12.8 Å². The van der Waals surface area contributed by atoms with E-state index in [0.717, 1.165) is 12.0 Å². The Bertz CT molecular complexity index is 497. The molecule has 0 aliphatic heterocycles. The third kappa shape index (κ3) is 5.21. The van der Waals surface area contributed by atoms with Crippen molar-refractivity contribution in [2.24, 2.45) is 5.92 Å². The summed E-state index contributed by atoms with van der Waals surface area (Å²) in [5, 5.41) is 5.76. The summed E-state index contributed by atoms with van der Waals surface area (Å²) in [6.45, 7) is 9.76. The van der Waals surface area contributed by atoms with Crippen LogP contribution in [0.15, 0.2) is 24.3 Å². The lowest BCUT2D eigenvalue weighted by atomic mass is 10.0. The van der Waals surface area contributed by atoms with E-state index < -0.39 is 6.04 Å². The van der Waals surface area contributed by atoms with Crippen molar-refractivity contribution in [3.63, 3.8) is 0 Å². The van der Waals surface area contributed by atoms with Gasteiger partial charge in [0, 0.05) is 11.6 Å². The Morgan fingerprint density at radius 2 is 1.81 bits per heavy atom. The maximum atomic E-state index is 12.3. The largest absolute Gasteiger partial charge is 0.352 e. The molecule has 21 heavy (non-hydrogen) atoms. The van der Waals surface area contributed by atoms with Gasteiger partial charge in [0.1, 0.15) is 6.04 Å². The summed E-state index contributed by atoms with van der Waals surface area (Å²) in [5.41, 5.74) is 1.60. The normalized spacial score (nSPS) is 13.6. The first-order chi connectivity index (χ1) is 9.85. The van der Waals surface area contributed by atoms with Crippen molar-refractivity contribution in [3.8, 4) is 0 Å². The predicted octanol–water partition coefficient (Wildman–Crippen LogP) is 2.66. The van der Waals surface area contributed by atoms with Gasteiger partial charge >= 0.3 is 0 Å². The lowest BCUT2D eigenvalue weighted by molar-refractivity contribution is -0.124. The van der Waals surface area contributed by atoms with Crippen molar-refractivity contribution in [2.45, 2.75) is 53.1 Å². The van der Waals surface area contributed by atoms with Gasteiger partial charge in [0.25, 0.3) is 5.91 Å². The minimum atomic E-state index is -0.521. The van der Waals surface area contributed by atoms with Crippen molar-refractivity contribution in [1.29, 1.82) is 0 Å².